The summed E-state index contributed by atoms with van der Waals surface area (Å²) in [7, 11) is 0. The van der Waals surface area contributed by atoms with Gasteiger partial charge in [-0.15, -0.1) is 0 Å². The summed E-state index contributed by atoms with van der Waals surface area (Å²) in [5.74, 6) is 1.35. The Balaban J connectivity index is 1.76. The monoisotopic (exact) mass is 359 g/mol. The number of nitrogens with zero attached hydrogens (tertiary/aromatic N) is 3. The Bertz CT molecular complexity index is 532. The van der Waals surface area contributed by atoms with Gasteiger partial charge in [-0.25, -0.2) is 0 Å². The van der Waals surface area contributed by atoms with Gasteiger partial charge in [0.2, 0.25) is 0 Å². The van der Waals surface area contributed by atoms with Crippen molar-refractivity contribution in [3.05, 3.63) is 35.4 Å². The van der Waals surface area contributed by atoms with Crippen molar-refractivity contribution >= 4 is 5.96 Å². The van der Waals surface area contributed by atoms with Gasteiger partial charge >= 0.3 is 0 Å². The fourth-order valence-corrected chi connectivity index (χ4v) is 3.23. The highest BCUT2D eigenvalue weighted by Crippen LogP contribution is 2.15. The summed E-state index contributed by atoms with van der Waals surface area (Å²) in [5.41, 5.74) is 2.66. The van der Waals surface area contributed by atoms with Crippen LogP contribution in [0.3, 0.4) is 0 Å². The summed E-state index contributed by atoms with van der Waals surface area (Å²) >= 11 is 0. The molecule has 1 aliphatic heterocycles. The Morgan fingerprint density at radius 2 is 1.69 bits per heavy atom. The van der Waals surface area contributed by atoms with Crippen molar-refractivity contribution in [1.82, 2.24) is 20.4 Å². The molecule has 0 saturated carbocycles. The Kier molecular flexibility index (Phi) is 8.92. The SMILES string of the molecule is CCNC(=NCC(C)c1ccc(C)cc1)NCCN1CCN(CC)CC1. The Labute approximate surface area is 159 Å². The number of hydrogen-bond acceptors (Lipinski definition) is 3. The van der Waals surface area contributed by atoms with Crippen molar-refractivity contribution in [1.29, 1.82) is 0 Å². The third-order valence-corrected chi connectivity index (χ3v) is 5.15. The van der Waals surface area contributed by atoms with Gasteiger partial charge in [0, 0.05) is 58.3 Å². The minimum Gasteiger partial charge on any atom is -0.357 e. The average Bonchev–Trinajstić information content (AvgIpc) is 2.67. The smallest absolute Gasteiger partial charge is 0.191 e. The second-order valence-corrected chi connectivity index (χ2v) is 7.23. The minimum absolute atomic E-state index is 0.424. The van der Waals surface area contributed by atoms with E-state index in [1.807, 2.05) is 0 Å². The molecule has 26 heavy (non-hydrogen) atoms. The van der Waals surface area contributed by atoms with Gasteiger partial charge in [-0.3, -0.25) is 9.89 Å². The number of aryl methyl sites for hydroxylation is 1. The molecule has 5 heteroatoms. The number of piperazine rings is 1. The van der Waals surface area contributed by atoms with E-state index < -0.39 is 0 Å². The van der Waals surface area contributed by atoms with Crippen LogP contribution in [0.2, 0.25) is 0 Å². The third-order valence-electron chi connectivity index (χ3n) is 5.15. The molecule has 0 spiro atoms. The molecule has 1 heterocycles. The molecule has 146 valence electrons. The molecule has 1 saturated heterocycles. The topological polar surface area (TPSA) is 42.9 Å². The quantitative estimate of drug-likeness (QED) is 0.552. The van der Waals surface area contributed by atoms with Gasteiger partial charge in [0.1, 0.15) is 0 Å². The van der Waals surface area contributed by atoms with Crippen LogP contribution in [-0.2, 0) is 0 Å². The summed E-state index contributed by atoms with van der Waals surface area (Å²) in [5, 5.41) is 6.86. The van der Waals surface area contributed by atoms with Crippen LogP contribution in [0.15, 0.2) is 29.3 Å². The number of hydrogen-bond donors (Lipinski definition) is 2. The summed E-state index contributed by atoms with van der Waals surface area (Å²) in [6.07, 6.45) is 0. The molecular formula is C21H37N5. The summed E-state index contributed by atoms with van der Waals surface area (Å²) in [4.78, 5) is 9.84. The zero-order valence-electron chi connectivity index (χ0n) is 17.1. The molecule has 1 atom stereocenters. The number of guanidine groups is 1. The number of aliphatic imine (C=N–C) groups is 1. The van der Waals surface area contributed by atoms with Crippen molar-refractivity contribution in [3.63, 3.8) is 0 Å². The van der Waals surface area contributed by atoms with Crippen LogP contribution in [0.25, 0.3) is 0 Å². The van der Waals surface area contributed by atoms with Crippen molar-refractivity contribution < 1.29 is 0 Å². The van der Waals surface area contributed by atoms with E-state index in [-0.39, 0.29) is 0 Å². The molecule has 1 fully saturated rings. The van der Waals surface area contributed by atoms with Crippen LogP contribution < -0.4 is 10.6 Å². The Hall–Kier alpha value is -1.59. The van der Waals surface area contributed by atoms with Crippen LogP contribution in [0, 0.1) is 6.92 Å². The zero-order valence-corrected chi connectivity index (χ0v) is 17.1. The first-order valence-corrected chi connectivity index (χ1v) is 10.2. The third kappa shape index (κ3) is 6.96. The molecule has 2 rings (SSSR count). The lowest BCUT2D eigenvalue weighted by atomic mass is 10.0. The lowest BCUT2D eigenvalue weighted by molar-refractivity contribution is 0.139. The molecule has 0 bridgehead atoms. The highest BCUT2D eigenvalue weighted by Gasteiger charge is 2.14. The molecule has 5 nitrogen and oxygen atoms in total. The number of rotatable bonds is 8. The van der Waals surface area contributed by atoms with Crippen molar-refractivity contribution in [3.8, 4) is 0 Å². The summed E-state index contributed by atoms with van der Waals surface area (Å²) in [6, 6.07) is 8.78. The van der Waals surface area contributed by atoms with Gasteiger partial charge in [0.05, 0.1) is 0 Å². The van der Waals surface area contributed by atoms with Gasteiger partial charge in [0.25, 0.3) is 0 Å². The maximum absolute atomic E-state index is 4.79. The van der Waals surface area contributed by atoms with Crippen LogP contribution in [0.4, 0.5) is 0 Å². The normalized spacial score (nSPS) is 17.9. The van der Waals surface area contributed by atoms with Crippen molar-refractivity contribution in [2.24, 2.45) is 4.99 Å². The summed E-state index contributed by atoms with van der Waals surface area (Å²) in [6.45, 7) is 18.3. The van der Waals surface area contributed by atoms with E-state index in [4.69, 9.17) is 4.99 Å². The van der Waals surface area contributed by atoms with Gasteiger partial charge in [-0.05, 0) is 26.0 Å². The molecule has 0 radical (unpaired) electrons. The van der Waals surface area contributed by atoms with Crippen molar-refractivity contribution in [2.75, 3.05) is 58.9 Å². The van der Waals surface area contributed by atoms with Gasteiger partial charge in [-0.2, -0.15) is 0 Å². The van der Waals surface area contributed by atoms with Gasteiger partial charge in [-0.1, -0.05) is 43.7 Å². The largest absolute Gasteiger partial charge is 0.357 e. The van der Waals surface area contributed by atoms with Crippen LogP contribution in [-0.4, -0.2) is 74.7 Å². The van der Waals surface area contributed by atoms with Crippen LogP contribution >= 0.6 is 0 Å². The highest BCUT2D eigenvalue weighted by atomic mass is 15.3. The molecule has 1 unspecified atom stereocenters. The number of nitrogens with one attached hydrogen (secondary N) is 2. The maximum atomic E-state index is 4.79. The van der Waals surface area contributed by atoms with E-state index >= 15 is 0 Å². The first kappa shape index (κ1) is 20.7. The molecule has 1 aromatic rings. The van der Waals surface area contributed by atoms with Crippen molar-refractivity contribution in [2.45, 2.75) is 33.6 Å². The minimum atomic E-state index is 0.424. The van der Waals surface area contributed by atoms with E-state index in [0.29, 0.717) is 5.92 Å². The second-order valence-electron chi connectivity index (χ2n) is 7.23. The number of benzene rings is 1. The van der Waals surface area contributed by atoms with E-state index in [1.54, 1.807) is 0 Å². The van der Waals surface area contributed by atoms with Gasteiger partial charge in [0.15, 0.2) is 5.96 Å². The van der Waals surface area contributed by atoms with Crippen LogP contribution in [0.1, 0.15) is 37.8 Å². The molecule has 0 amide bonds. The fraction of sp³-hybridized carbons (Fsp3) is 0.667. The maximum Gasteiger partial charge on any atom is 0.191 e. The zero-order chi connectivity index (χ0) is 18.8. The Morgan fingerprint density at radius 1 is 1.04 bits per heavy atom. The van der Waals surface area contributed by atoms with Gasteiger partial charge < -0.3 is 15.5 Å². The summed E-state index contributed by atoms with van der Waals surface area (Å²) < 4.78 is 0. The lowest BCUT2D eigenvalue weighted by Crippen LogP contribution is -2.49. The molecule has 1 aliphatic rings. The van der Waals surface area contributed by atoms with E-state index in [1.165, 1.54) is 43.9 Å². The fourth-order valence-electron chi connectivity index (χ4n) is 3.23. The molecule has 0 aromatic heterocycles. The molecule has 1 aromatic carbocycles. The Morgan fingerprint density at radius 3 is 2.31 bits per heavy atom. The number of likely N-dealkylation sites (N-methyl/N-ethyl adjacent to an activating group) is 1. The molecular weight excluding hydrogens is 322 g/mol. The first-order chi connectivity index (χ1) is 12.6. The predicted molar refractivity (Wildman–Crippen MR) is 112 cm³/mol. The second kappa shape index (κ2) is 11.2. The molecule has 2 N–H and O–H groups in total. The highest BCUT2D eigenvalue weighted by molar-refractivity contribution is 5.79. The predicted octanol–water partition coefficient (Wildman–Crippen LogP) is 2.29. The van der Waals surface area contributed by atoms with Crippen LogP contribution in [0.5, 0.6) is 0 Å². The van der Waals surface area contributed by atoms with E-state index in [2.05, 4.69) is 72.4 Å². The first-order valence-electron chi connectivity index (χ1n) is 10.2. The van der Waals surface area contributed by atoms with E-state index in [0.717, 1.165) is 32.1 Å². The standard InChI is InChI=1S/C21H37N5/c1-5-22-21(23-11-12-26-15-13-25(6-2)14-16-26)24-17-19(4)20-9-7-18(3)8-10-20/h7-10,19H,5-6,11-17H2,1-4H3,(H2,22,23,24). The average molecular weight is 360 g/mol. The molecule has 0 aliphatic carbocycles. The van der Waals surface area contributed by atoms with E-state index in [9.17, 15) is 0 Å². The lowest BCUT2D eigenvalue weighted by Gasteiger charge is -2.34.